The van der Waals surface area contributed by atoms with Gasteiger partial charge >= 0.3 is 18.2 Å². The third-order valence-electron chi connectivity index (χ3n) is 3.71. The molecule has 0 saturated heterocycles. The molecule has 0 bridgehead atoms. The summed E-state index contributed by atoms with van der Waals surface area (Å²) in [6.45, 7) is 4.96. The molecular formula is C16H16BrF6N3O3. The minimum atomic E-state index is -5.58. The van der Waals surface area contributed by atoms with Gasteiger partial charge in [-0.15, -0.1) is 0 Å². The molecule has 6 nitrogen and oxygen atoms in total. The lowest BCUT2D eigenvalue weighted by molar-refractivity contribution is -0.288. The highest BCUT2D eigenvalue weighted by molar-refractivity contribution is 9.10. The number of alkyl halides is 5. The zero-order valence-electron chi connectivity index (χ0n) is 15.5. The van der Waals surface area contributed by atoms with Crippen LogP contribution in [0, 0.1) is 5.82 Å². The number of aromatic nitrogens is 1. The largest absolute Gasteiger partial charge is 0.445 e. The first-order chi connectivity index (χ1) is 13.0. The molecule has 2 atom stereocenters. The van der Waals surface area contributed by atoms with E-state index in [1.807, 2.05) is 0 Å². The topological polar surface area (TPSA) is 72.8 Å². The molecule has 13 heteroatoms. The van der Waals surface area contributed by atoms with E-state index >= 15 is 0 Å². The molecule has 1 aromatic rings. The number of amidine groups is 1. The fourth-order valence-corrected chi connectivity index (χ4v) is 2.75. The molecule has 0 unspecified atom stereocenters. The Morgan fingerprint density at radius 2 is 1.86 bits per heavy atom. The number of carbonyl (C=O) groups is 1. The molecule has 2 rings (SSSR count). The van der Waals surface area contributed by atoms with Crippen molar-refractivity contribution in [3.8, 4) is 0 Å². The highest BCUT2D eigenvalue weighted by atomic mass is 79.9. The summed E-state index contributed by atoms with van der Waals surface area (Å²) in [4.78, 5) is 18.8. The lowest BCUT2D eigenvalue weighted by atomic mass is 9.85. The van der Waals surface area contributed by atoms with E-state index in [4.69, 9.17) is 4.74 Å². The predicted octanol–water partition coefficient (Wildman–Crippen LogP) is 4.68. The van der Waals surface area contributed by atoms with Gasteiger partial charge in [-0.05, 0) is 55.8 Å². The molecule has 0 fully saturated rings. The number of amides is 1. The van der Waals surface area contributed by atoms with Crippen molar-refractivity contribution in [2.75, 3.05) is 0 Å². The van der Waals surface area contributed by atoms with Gasteiger partial charge in [-0.25, -0.2) is 24.5 Å². The van der Waals surface area contributed by atoms with Crippen LogP contribution in [0.15, 0.2) is 21.7 Å². The molecule has 162 valence electrons. The summed E-state index contributed by atoms with van der Waals surface area (Å²) < 4.78 is 93.0. The van der Waals surface area contributed by atoms with Gasteiger partial charge in [0.05, 0.1) is 0 Å². The van der Waals surface area contributed by atoms with E-state index in [-0.39, 0.29) is 4.60 Å². The maximum absolute atomic E-state index is 14.9. The van der Waals surface area contributed by atoms with E-state index in [1.54, 1.807) is 5.32 Å². The SMILES string of the molecule is CC(C)(C)OC(=O)NC1=N[C@](C)(c2nc(Br)ccc2F)C(F)(F)[C@@H](C(F)(F)F)O1. The molecule has 2 heterocycles. The zero-order chi connectivity index (χ0) is 22.4. The monoisotopic (exact) mass is 491 g/mol. The number of alkyl carbamates (subject to hydrolysis) is 1. The standard InChI is InChI=1S/C16H16BrF6N3O3/c1-13(2,3)29-12(27)25-11-26-14(4,9-7(18)5-6-8(17)24-9)15(19,20)10(28-11)16(21,22)23/h5-6,10H,1-4H3,(H,25,26,27)/t10-,14+/m0/s1. The van der Waals surface area contributed by atoms with E-state index in [1.165, 1.54) is 20.8 Å². The normalized spacial score (nSPS) is 24.4. The van der Waals surface area contributed by atoms with Crippen LogP contribution in [0.2, 0.25) is 0 Å². The summed E-state index contributed by atoms with van der Waals surface area (Å²) in [7, 11) is 0. The number of nitrogens with one attached hydrogen (secondary N) is 1. The second-order valence-electron chi connectivity index (χ2n) is 7.24. The number of hydrogen-bond donors (Lipinski definition) is 1. The number of aliphatic imine (C=N–C) groups is 1. The number of halogens is 7. The Hall–Kier alpha value is -2.05. The van der Waals surface area contributed by atoms with Crippen molar-refractivity contribution >= 4 is 28.0 Å². The van der Waals surface area contributed by atoms with Crippen LogP contribution < -0.4 is 5.32 Å². The number of carbonyl (C=O) groups excluding carboxylic acids is 1. The average molecular weight is 492 g/mol. The second kappa shape index (κ2) is 7.33. The number of pyridine rings is 1. The van der Waals surface area contributed by atoms with Gasteiger partial charge in [-0.3, -0.25) is 0 Å². The molecule has 1 aliphatic heterocycles. The molecule has 29 heavy (non-hydrogen) atoms. The van der Waals surface area contributed by atoms with Gasteiger partial charge in [0.1, 0.15) is 21.7 Å². The second-order valence-corrected chi connectivity index (χ2v) is 8.06. The van der Waals surface area contributed by atoms with Crippen molar-refractivity contribution in [2.24, 2.45) is 4.99 Å². The van der Waals surface area contributed by atoms with Gasteiger partial charge < -0.3 is 9.47 Å². The van der Waals surface area contributed by atoms with Crippen LogP contribution in [0.1, 0.15) is 33.4 Å². The third-order valence-corrected chi connectivity index (χ3v) is 4.15. The molecular weight excluding hydrogens is 476 g/mol. The van der Waals surface area contributed by atoms with E-state index < -0.39 is 53.0 Å². The Morgan fingerprint density at radius 3 is 2.38 bits per heavy atom. The number of hydrogen-bond acceptors (Lipinski definition) is 5. The Bertz CT molecular complexity index is 840. The summed E-state index contributed by atoms with van der Waals surface area (Å²) in [5.41, 5.74) is -5.28. The fraction of sp³-hybridized carbons (Fsp3) is 0.562. The molecule has 1 aliphatic rings. The van der Waals surface area contributed by atoms with Crippen molar-refractivity contribution < 1.29 is 40.6 Å². The Morgan fingerprint density at radius 1 is 1.28 bits per heavy atom. The Balaban J connectivity index is 2.61. The number of rotatable bonds is 1. The van der Waals surface area contributed by atoms with Crippen LogP contribution in [0.5, 0.6) is 0 Å². The van der Waals surface area contributed by atoms with Gasteiger partial charge in [0.25, 0.3) is 12.1 Å². The van der Waals surface area contributed by atoms with E-state index in [0.717, 1.165) is 12.1 Å². The molecule has 0 spiro atoms. The van der Waals surface area contributed by atoms with Gasteiger partial charge in [0, 0.05) is 0 Å². The maximum Gasteiger partial charge on any atom is 0.431 e. The molecule has 0 aliphatic carbocycles. The van der Waals surface area contributed by atoms with Gasteiger partial charge in [-0.1, -0.05) is 0 Å². The molecule has 0 radical (unpaired) electrons. The highest BCUT2D eigenvalue weighted by Gasteiger charge is 2.71. The van der Waals surface area contributed by atoms with Crippen LogP contribution in [-0.4, -0.2) is 40.9 Å². The molecule has 0 saturated carbocycles. The summed E-state index contributed by atoms with van der Waals surface area (Å²) in [5, 5.41) is 1.75. The van der Waals surface area contributed by atoms with E-state index in [2.05, 4.69) is 30.6 Å². The van der Waals surface area contributed by atoms with Crippen molar-refractivity contribution in [1.82, 2.24) is 10.3 Å². The van der Waals surface area contributed by atoms with Crippen LogP contribution >= 0.6 is 15.9 Å². The highest BCUT2D eigenvalue weighted by Crippen LogP contribution is 2.50. The van der Waals surface area contributed by atoms with Crippen LogP contribution in [-0.2, 0) is 15.0 Å². The first-order valence-electron chi connectivity index (χ1n) is 8.01. The quantitative estimate of drug-likeness (QED) is 0.457. The molecule has 1 aromatic heterocycles. The third kappa shape index (κ3) is 4.75. The van der Waals surface area contributed by atoms with Crippen molar-refractivity contribution in [3.05, 3.63) is 28.2 Å². The molecule has 0 aromatic carbocycles. The summed E-state index contributed by atoms with van der Waals surface area (Å²) >= 11 is 2.85. The van der Waals surface area contributed by atoms with Crippen molar-refractivity contribution in [1.29, 1.82) is 0 Å². The van der Waals surface area contributed by atoms with Gasteiger partial charge in [0.15, 0.2) is 5.54 Å². The lowest BCUT2D eigenvalue weighted by Crippen LogP contribution is -2.63. The average Bonchev–Trinajstić information content (AvgIpc) is 2.50. The zero-order valence-corrected chi connectivity index (χ0v) is 17.1. The van der Waals surface area contributed by atoms with Crippen LogP contribution in [0.4, 0.5) is 31.1 Å². The smallest absolute Gasteiger partial charge is 0.431 e. The van der Waals surface area contributed by atoms with E-state index in [0.29, 0.717) is 6.92 Å². The minimum Gasteiger partial charge on any atom is -0.445 e. The number of ether oxygens (including phenoxy) is 2. The Labute approximate surface area is 169 Å². The van der Waals surface area contributed by atoms with Crippen molar-refractivity contribution in [2.45, 2.75) is 57.0 Å². The summed E-state index contributed by atoms with van der Waals surface area (Å²) in [6.07, 6.45) is -10.6. The van der Waals surface area contributed by atoms with Crippen LogP contribution in [0.3, 0.4) is 0 Å². The fourth-order valence-electron chi connectivity index (χ4n) is 2.44. The van der Waals surface area contributed by atoms with Gasteiger partial charge in [0.2, 0.25) is 0 Å². The number of nitrogens with zero attached hydrogens (tertiary/aromatic N) is 2. The first-order valence-corrected chi connectivity index (χ1v) is 8.80. The Kier molecular flexibility index (Phi) is 5.87. The van der Waals surface area contributed by atoms with Crippen molar-refractivity contribution in [3.63, 3.8) is 0 Å². The van der Waals surface area contributed by atoms with E-state index in [9.17, 15) is 31.1 Å². The first kappa shape index (κ1) is 23.2. The van der Waals surface area contributed by atoms with Crippen LogP contribution in [0.25, 0.3) is 0 Å². The summed E-state index contributed by atoms with van der Waals surface area (Å²) in [6, 6.07) is 0.600. The minimum absolute atomic E-state index is 0.113. The molecule has 1 N–H and O–H groups in total. The van der Waals surface area contributed by atoms with Gasteiger partial charge in [-0.2, -0.15) is 22.0 Å². The lowest BCUT2D eigenvalue weighted by Gasteiger charge is -2.42. The molecule has 1 amide bonds. The summed E-state index contributed by atoms with van der Waals surface area (Å²) in [5.74, 6) is -6.10. The maximum atomic E-state index is 14.9. The predicted molar refractivity (Wildman–Crippen MR) is 91.9 cm³/mol.